The molecule has 0 radical (unpaired) electrons. The standard InChI is InChI=1S/C14H26N2O3.ClH/c1-18-10-3-11-19-12-5-8-16(9-6-12)14(17)13-4-2-7-15-13;/h12-13,15H,2-11H2,1H3;1H. The third kappa shape index (κ3) is 5.20. The molecule has 1 unspecified atom stereocenters. The van der Waals surface area contributed by atoms with Crippen LogP contribution in [-0.4, -0.2) is 62.9 Å². The van der Waals surface area contributed by atoms with Crippen molar-refractivity contribution in [2.45, 2.75) is 44.2 Å². The molecule has 0 spiro atoms. The van der Waals surface area contributed by atoms with Gasteiger partial charge in [-0.3, -0.25) is 4.79 Å². The fourth-order valence-corrected chi connectivity index (χ4v) is 2.81. The zero-order valence-electron chi connectivity index (χ0n) is 12.3. The third-order valence-corrected chi connectivity index (χ3v) is 3.96. The number of nitrogens with one attached hydrogen (secondary N) is 1. The van der Waals surface area contributed by atoms with Gasteiger partial charge in [0.1, 0.15) is 0 Å². The Bertz CT molecular complexity index is 278. The highest BCUT2D eigenvalue weighted by Gasteiger charge is 2.29. The monoisotopic (exact) mass is 306 g/mol. The fraction of sp³-hybridized carbons (Fsp3) is 0.929. The molecule has 0 aromatic heterocycles. The summed E-state index contributed by atoms with van der Waals surface area (Å²) in [6.07, 6.45) is 5.30. The minimum Gasteiger partial charge on any atom is -0.385 e. The van der Waals surface area contributed by atoms with E-state index in [0.717, 1.165) is 65.0 Å². The molecule has 20 heavy (non-hydrogen) atoms. The van der Waals surface area contributed by atoms with Gasteiger partial charge in [0.2, 0.25) is 5.91 Å². The summed E-state index contributed by atoms with van der Waals surface area (Å²) in [5, 5.41) is 3.28. The van der Waals surface area contributed by atoms with Crippen molar-refractivity contribution in [1.29, 1.82) is 0 Å². The highest BCUT2D eigenvalue weighted by atomic mass is 35.5. The van der Waals surface area contributed by atoms with Crippen molar-refractivity contribution in [2.75, 3.05) is 40.0 Å². The molecular weight excluding hydrogens is 280 g/mol. The number of hydrogen-bond donors (Lipinski definition) is 1. The lowest BCUT2D eigenvalue weighted by atomic mass is 10.1. The van der Waals surface area contributed by atoms with Gasteiger partial charge in [-0.2, -0.15) is 0 Å². The average molecular weight is 307 g/mol. The maximum absolute atomic E-state index is 12.2. The van der Waals surface area contributed by atoms with Gasteiger partial charge >= 0.3 is 0 Å². The van der Waals surface area contributed by atoms with Crippen molar-refractivity contribution >= 4 is 18.3 Å². The van der Waals surface area contributed by atoms with Crippen molar-refractivity contribution in [3.8, 4) is 0 Å². The largest absolute Gasteiger partial charge is 0.385 e. The summed E-state index contributed by atoms with van der Waals surface area (Å²) in [5.74, 6) is 0.287. The molecule has 0 bridgehead atoms. The van der Waals surface area contributed by atoms with Crippen LogP contribution < -0.4 is 5.32 Å². The highest BCUT2D eigenvalue weighted by Crippen LogP contribution is 2.17. The Morgan fingerprint density at radius 2 is 2.00 bits per heavy atom. The summed E-state index contributed by atoms with van der Waals surface area (Å²) >= 11 is 0. The maximum atomic E-state index is 12.2. The maximum Gasteiger partial charge on any atom is 0.239 e. The van der Waals surface area contributed by atoms with Crippen LogP contribution in [0.15, 0.2) is 0 Å². The quantitative estimate of drug-likeness (QED) is 0.749. The van der Waals surface area contributed by atoms with Gasteiger partial charge in [-0.1, -0.05) is 0 Å². The molecule has 1 N–H and O–H groups in total. The van der Waals surface area contributed by atoms with E-state index < -0.39 is 0 Å². The van der Waals surface area contributed by atoms with Gasteiger partial charge in [0, 0.05) is 33.4 Å². The zero-order valence-corrected chi connectivity index (χ0v) is 13.1. The summed E-state index contributed by atoms with van der Waals surface area (Å²) in [7, 11) is 1.71. The molecule has 2 fully saturated rings. The van der Waals surface area contributed by atoms with E-state index in [0.29, 0.717) is 6.10 Å². The van der Waals surface area contributed by atoms with Crippen LogP contribution in [0.4, 0.5) is 0 Å². The normalized spacial score (nSPS) is 23.6. The van der Waals surface area contributed by atoms with Gasteiger partial charge in [0.15, 0.2) is 0 Å². The van der Waals surface area contributed by atoms with E-state index in [-0.39, 0.29) is 24.4 Å². The molecule has 1 atom stereocenters. The van der Waals surface area contributed by atoms with Crippen LogP contribution in [0.1, 0.15) is 32.1 Å². The first-order chi connectivity index (χ1) is 9.31. The molecular formula is C14H27ClN2O3. The number of ether oxygens (including phenoxy) is 2. The number of halogens is 1. The van der Waals surface area contributed by atoms with E-state index >= 15 is 0 Å². The Morgan fingerprint density at radius 1 is 1.25 bits per heavy atom. The first-order valence-electron chi connectivity index (χ1n) is 7.44. The highest BCUT2D eigenvalue weighted by molar-refractivity contribution is 5.85. The summed E-state index contributed by atoms with van der Waals surface area (Å²) < 4.78 is 10.8. The molecule has 0 saturated carbocycles. The van der Waals surface area contributed by atoms with Gasteiger partial charge in [-0.25, -0.2) is 0 Å². The van der Waals surface area contributed by atoms with Gasteiger partial charge in [0.05, 0.1) is 12.1 Å². The van der Waals surface area contributed by atoms with Gasteiger partial charge in [-0.15, -0.1) is 12.4 Å². The van der Waals surface area contributed by atoms with E-state index in [4.69, 9.17) is 9.47 Å². The Hall–Kier alpha value is -0.360. The number of nitrogens with zero attached hydrogens (tertiary/aromatic N) is 1. The van der Waals surface area contributed by atoms with Crippen LogP contribution >= 0.6 is 12.4 Å². The topological polar surface area (TPSA) is 50.8 Å². The Labute approximate surface area is 127 Å². The van der Waals surface area contributed by atoms with Crippen molar-refractivity contribution in [3.05, 3.63) is 0 Å². The molecule has 2 heterocycles. The van der Waals surface area contributed by atoms with Crippen LogP contribution in [-0.2, 0) is 14.3 Å². The second-order valence-electron chi connectivity index (χ2n) is 5.39. The first kappa shape index (κ1) is 17.7. The minimum absolute atomic E-state index is 0. The zero-order chi connectivity index (χ0) is 13.5. The number of methoxy groups -OCH3 is 1. The van der Waals surface area contributed by atoms with Crippen molar-refractivity contribution in [2.24, 2.45) is 0 Å². The lowest BCUT2D eigenvalue weighted by Gasteiger charge is -2.33. The third-order valence-electron chi connectivity index (χ3n) is 3.96. The number of carbonyl (C=O) groups excluding carboxylic acids is 1. The smallest absolute Gasteiger partial charge is 0.239 e. The van der Waals surface area contributed by atoms with Gasteiger partial charge in [-0.05, 0) is 38.6 Å². The molecule has 5 nitrogen and oxygen atoms in total. The van der Waals surface area contributed by atoms with Crippen LogP contribution in [0.25, 0.3) is 0 Å². The van der Waals surface area contributed by atoms with E-state index in [1.165, 1.54) is 0 Å². The minimum atomic E-state index is 0. The summed E-state index contributed by atoms with van der Waals surface area (Å²) in [6, 6.07) is 0.0687. The molecule has 118 valence electrons. The number of carbonyl (C=O) groups is 1. The number of hydrogen-bond acceptors (Lipinski definition) is 4. The van der Waals surface area contributed by atoms with Crippen LogP contribution in [0.3, 0.4) is 0 Å². The van der Waals surface area contributed by atoms with E-state index in [1.807, 2.05) is 4.90 Å². The van der Waals surface area contributed by atoms with Crippen LogP contribution in [0, 0.1) is 0 Å². The average Bonchev–Trinajstić information content (AvgIpc) is 2.98. The molecule has 2 saturated heterocycles. The Kier molecular flexibility index (Phi) is 8.45. The van der Waals surface area contributed by atoms with Gasteiger partial charge in [0.25, 0.3) is 0 Å². The first-order valence-corrected chi connectivity index (χ1v) is 7.44. The second kappa shape index (κ2) is 9.55. The van der Waals surface area contributed by atoms with Crippen molar-refractivity contribution in [1.82, 2.24) is 10.2 Å². The molecule has 1 amide bonds. The number of amides is 1. The number of rotatable bonds is 6. The van der Waals surface area contributed by atoms with Crippen molar-refractivity contribution in [3.63, 3.8) is 0 Å². The predicted molar refractivity (Wildman–Crippen MR) is 80.3 cm³/mol. The van der Waals surface area contributed by atoms with Crippen molar-refractivity contribution < 1.29 is 14.3 Å². The molecule has 0 aliphatic carbocycles. The summed E-state index contributed by atoms with van der Waals surface area (Å²) in [4.78, 5) is 14.2. The number of piperidine rings is 1. The predicted octanol–water partition coefficient (Wildman–Crippen LogP) is 1.20. The fourth-order valence-electron chi connectivity index (χ4n) is 2.81. The Balaban J connectivity index is 0.00000200. The lowest BCUT2D eigenvalue weighted by molar-refractivity contribution is -0.135. The van der Waals surface area contributed by atoms with E-state index in [1.54, 1.807) is 7.11 Å². The van der Waals surface area contributed by atoms with E-state index in [9.17, 15) is 4.79 Å². The van der Waals surface area contributed by atoms with Crippen LogP contribution in [0.2, 0.25) is 0 Å². The Morgan fingerprint density at radius 3 is 2.60 bits per heavy atom. The molecule has 2 aliphatic heterocycles. The summed E-state index contributed by atoms with van der Waals surface area (Å²) in [5.41, 5.74) is 0. The molecule has 2 aliphatic rings. The molecule has 6 heteroatoms. The van der Waals surface area contributed by atoms with Gasteiger partial charge < -0.3 is 19.7 Å². The second-order valence-corrected chi connectivity index (χ2v) is 5.39. The molecule has 2 rings (SSSR count). The van der Waals surface area contributed by atoms with Crippen LogP contribution in [0.5, 0.6) is 0 Å². The van der Waals surface area contributed by atoms with E-state index in [2.05, 4.69) is 5.32 Å². The summed E-state index contributed by atoms with van der Waals surface area (Å²) in [6.45, 7) is 4.18. The number of likely N-dealkylation sites (tertiary alicyclic amines) is 1. The molecule has 0 aromatic carbocycles. The lowest BCUT2D eigenvalue weighted by Crippen LogP contribution is -2.48. The SMILES string of the molecule is COCCCOC1CCN(C(=O)C2CCCN2)CC1.Cl. The molecule has 0 aromatic rings.